The first-order valence-electron chi connectivity index (χ1n) is 9.69. The van der Waals surface area contributed by atoms with Gasteiger partial charge in [0.2, 0.25) is 0 Å². The lowest BCUT2D eigenvalue weighted by Crippen LogP contribution is -2.58. The third-order valence-corrected chi connectivity index (χ3v) is 7.00. The second kappa shape index (κ2) is 5.57. The van der Waals surface area contributed by atoms with E-state index in [2.05, 4.69) is 46.8 Å². The van der Waals surface area contributed by atoms with Gasteiger partial charge in [0.05, 0.1) is 5.54 Å². The van der Waals surface area contributed by atoms with Crippen LogP contribution in [0.4, 0.5) is 0 Å². The summed E-state index contributed by atoms with van der Waals surface area (Å²) < 4.78 is 0. The van der Waals surface area contributed by atoms with Crippen LogP contribution >= 0.6 is 0 Å². The summed E-state index contributed by atoms with van der Waals surface area (Å²) in [6.45, 7) is 6.34. The van der Waals surface area contributed by atoms with E-state index in [0.29, 0.717) is 17.6 Å². The van der Waals surface area contributed by atoms with Gasteiger partial charge in [0.25, 0.3) is 0 Å². The number of benzene rings is 1. The summed E-state index contributed by atoms with van der Waals surface area (Å²) >= 11 is 0. The lowest BCUT2D eigenvalue weighted by molar-refractivity contribution is -0.126. The molecule has 3 nitrogen and oxygen atoms in total. The number of para-hydroxylation sites is 1. The van der Waals surface area contributed by atoms with Crippen LogP contribution < -0.4 is 0 Å². The molecule has 3 atom stereocenters. The number of ketones is 1. The minimum absolute atomic E-state index is 0.00708. The van der Waals surface area contributed by atoms with E-state index in [1.54, 1.807) is 0 Å². The smallest absolute Gasteiger partial charge is 0.133 e. The van der Waals surface area contributed by atoms with Crippen molar-refractivity contribution in [2.24, 2.45) is 11.8 Å². The lowest BCUT2D eigenvalue weighted by Gasteiger charge is -2.55. The Morgan fingerprint density at radius 2 is 2.16 bits per heavy atom. The van der Waals surface area contributed by atoms with Crippen LogP contribution in [0.5, 0.6) is 0 Å². The van der Waals surface area contributed by atoms with Crippen LogP contribution in [0.15, 0.2) is 36.9 Å². The zero-order valence-electron chi connectivity index (χ0n) is 14.8. The highest BCUT2D eigenvalue weighted by atomic mass is 16.1. The van der Waals surface area contributed by atoms with E-state index in [-0.39, 0.29) is 5.54 Å². The average Bonchev–Trinajstić information content (AvgIpc) is 3.00. The summed E-state index contributed by atoms with van der Waals surface area (Å²) in [4.78, 5) is 18.6. The summed E-state index contributed by atoms with van der Waals surface area (Å²) in [5.74, 6) is 1.70. The molecule has 2 fully saturated rings. The Morgan fingerprint density at radius 3 is 3.04 bits per heavy atom. The number of fused-ring (bicyclic) bond motifs is 6. The molecule has 1 aromatic carbocycles. The molecule has 25 heavy (non-hydrogen) atoms. The van der Waals surface area contributed by atoms with Gasteiger partial charge in [-0.25, -0.2) is 0 Å². The fraction of sp³-hybridized carbons (Fsp3) is 0.500. The van der Waals surface area contributed by atoms with Crippen LogP contribution in [0.2, 0.25) is 0 Å². The summed E-state index contributed by atoms with van der Waals surface area (Å²) in [5.41, 5.74) is 4.15. The third-order valence-electron chi connectivity index (χ3n) is 7.00. The molecule has 3 aliphatic rings. The zero-order chi connectivity index (χ0) is 17.0. The van der Waals surface area contributed by atoms with Gasteiger partial charge in [-0.1, -0.05) is 24.3 Å². The second-order valence-electron chi connectivity index (χ2n) is 8.25. The third kappa shape index (κ3) is 2.18. The number of nitrogens with one attached hydrogen (secondary N) is 1. The van der Waals surface area contributed by atoms with Gasteiger partial charge < -0.3 is 4.98 Å². The molecule has 0 amide bonds. The van der Waals surface area contributed by atoms with Crippen LogP contribution in [0.1, 0.15) is 43.4 Å². The van der Waals surface area contributed by atoms with Gasteiger partial charge in [-0.3, -0.25) is 9.69 Å². The molecule has 0 radical (unpaired) electrons. The van der Waals surface area contributed by atoms with E-state index in [0.717, 1.165) is 51.6 Å². The van der Waals surface area contributed by atoms with E-state index >= 15 is 0 Å². The number of piperidine rings is 1. The van der Waals surface area contributed by atoms with Crippen molar-refractivity contribution in [3.05, 3.63) is 48.2 Å². The molecule has 0 spiro atoms. The number of H-pyrrole nitrogens is 1. The molecule has 2 aliphatic heterocycles. The minimum Gasteiger partial charge on any atom is -0.357 e. The predicted molar refractivity (Wildman–Crippen MR) is 101 cm³/mol. The molecule has 1 N–H and O–H groups in total. The Labute approximate surface area is 149 Å². The van der Waals surface area contributed by atoms with Crippen molar-refractivity contribution < 1.29 is 4.79 Å². The maximum absolute atomic E-state index is 12.1. The summed E-state index contributed by atoms with van der Waals surface area (Å²) in [6, 6.07) is 8.69. The number of hydrogen-bond donors (Lipinski definition) is 1. The highest BCUT2D eigenvalue weighted by molar-refractivity contribution is 5.85. The highest BCUT2D eigenvalue weighted by Crippen LogP contribution is 2.51. The van der Waals surface area contributed by atoms with E-state index in [1.165, 1.54) is 22.2 Å². The maximum atomic E-state index is 12.1. The van der Waals surface area contributed by atoms with Crippen molar-refractivity contribution in [2.45, 2.75) is 44.1 Å². The standard InChI is InChI=1S/C22H26N2O/c1-2-10-22-13-16-12-17(25)8-7-15(16)14-24(22)11-9-19-18-5-3-4-6-20(18)23-21(19)22/h2-6,15-16,23H,1,7-14H2/t15-,16-,22-/m0/s1. The normalized spacial score (nSPS) is 32.1. The molecule has 0 unspecified atom stereocenters. The zero-order valence-corrected chi connectivity index (χ0v) is 14.8. The fourth-order valence-electron chi connectivity index (χ4n) is 5.87. The van der Waals surface area contributed by atoms with E-state index in [9.17, 15) is 4.79 Å². The number of aromatic nitrogens is 1. The van der Waals surface area contributed by atoms with E-state index < -0.39 is 0 Å². The number of carbonyl (C=O) groups is 1. The van der Waals surface area contributed by atoms with Crippen LogP contribution in [-0.2, 0) is 16.8 Å². The molecular weight excluding hydrogens is 308 g/mol. The van der Waals surface area contributed by atoms with E-state index in [4.69, 9.17) is 0 Å². The van der Waals surface area contributed by atoms with Crippen LogP contribution in [-0.4, -0.2) is 28.8 Å². The Hall–Kier alpha value is -1.87. The van der Waals surface area contributed by atoms with Gasteiger partial charge in [0.15, 0.2) is 0 Å². The molecule has 130 valence electrons. The van der Waals surface area contributed by atoms with Crippen molar-refractivity contribution in [3.63, 3.8) is 0 Å². The first kappa shape index (κ1) is 15.4. The molecule has 1 saturated carbocycles. The predicted octanol–water partition coefficient (Wildman–Crippen LogP) is 4.19. The molecule has 1 aliphatic carbocycles. The largest absolute Gasteiger partial charge is 0.357 e. The topological polar surface area (TPSA) is 36.1 Å². The average molecular weight is 334 g/mol. The molecular formula is C22H26N2O. The Kier molecular flexibility index (Phi) is 3.43. The summed E-state index contributed by atoms with van der Waals surface area (Å²) in [5, 5.41) is 1.38. The number of hydrogen-bond acceptors (Lipinski definition) is 2. The molecule has 1 saturated heterocycles. The van der Waals surface area contributed by atoms with Gasteiger partial charge >= 0.3 is 0 Å². The molecule has 1 aromatic heterocycles. The second-order valence-corrected chi connectivity index (χ2v) is 8.25. The molecule has 0 bridgehead atoms. The Bertz CT molecular complexity index is 851. The van der Waals surface area contributed by atoms with Crippen LogP contribution in [0.3, 0.4) is 0 Å². The van der Waals surface area contributed by atoms with Gasteiger partial charge in [0, 0.05) is 42.5 Å². The lowest BCUT2D eigenvalue weighted by atomic mass is 9.64. The van der Waals surface area contributed by atoms with Crippen molar-refractivity contribution in [2.75, 3.05) is 13.1 Å². The Morgan fingerprint density at radius 1 is 1.28 bits per heavy atom. The monoisotopic (exact) mass is 334 g/mol. The SMILES string of the molecule is C=CC[C@@]12C[C@@H]3CC(=O)CC[C@H]3CN1CCc1c2[nH]c2ccccc12. The summed E-state index contributed by atoms with van der Waals surface area (Å²) in [6.07, 6.45) is 7.92. The van der Waals surface area contributed by atoms with Crippen molar-refractivity contribution >= 4 is 16.7 Å². The number of Topliss-reactive ketones (excluding diaryl/α,β-unsaturated/α-hetero) is 1. The highest BCUT2D eigenvalue weighted by Gasteiger charge is 2.51. The molecule has 2 aromatic rings. The fourth-order valence-corrected chi connectivity index (χ4v) is 5.87. The van der Waals surface area contributed by atoms with Gasteiger partial charge in [0.1, 0.15) is 5.78 Å². The van der Waals surface area contributed by atoms with Crippen LogP contribution in [0, 0.1) is 11.8 Å². The first-order valence-corrected chi connectivity index (χ1v) is 9.69. The van der Waals surface area contributed by atoms with Crippen molar-refractivity contribution in [1.29, 1.82) is 0 Å². The van der Waals surface area contributed by atoms with E-state index in [1.807, 2.05) is 0 Å². The number of rotatable bonds is 2. The minimum atomic E-state index is 0.00708. The van der Waals surface area contributed by atoms with Gasteiger partial charge in [-0.15, -0.1) is 6.58 Å². The van der Waals surface area contributed by atoms with Crippen LogP contribution in [0.25, 0.3) is 10.9 Å². The quantitative estimate of drug-likeness (QED) is 0.836. The van der Waals surface area contributed by atoms with Crippen molar-refractivity contribution in [1.82, 2.24) is 9.88 Å². The number of nitrogens with zero attached hydrogens (tertiary/aromatic N) is 1. The van der Waals surface area contributed by atoms with Gasteiger partial charge in [-0.2, -0.15) is 0 Å². The first-order chi connectivity index (χ1) is 12.2. The maximum Gasteiger partial charge on any atom is 0.133 e. The number of carbonyl (C=O) groups excluding carboxylic acids is 1. The number of aromatic amines is 1. The van der Waals surface area contributed by atoms with Gasteiger partial charge in [-0.05, 0) is 49.1 Å². The molecule has 3 heteroatoms. The molecule has 3 heterocycles. The van der Waals surface area contributed by atoms with Crippen molar-refractivity contribution in [3.8, 4) is 0 Å². The molecule has 5 rings (SSSR count). The summed E-state index contributed by atoms with van der Waals surface area (Å²) in [7, 11) is 0. The Balaban J connectivity index is 1.65.